The van der Waals surface area contributed by atoms with Crippen molar-refractivity contribution >= 4 is 5.78 Å². The van der Waals surface area contributed by atoms with E-state index in [-0.39, 0.29) is 29.1 Å². The predicted molar refractivity (Wildman–Crippen MR) is 117 cm³/mol. The summed E-state index contributed by atoms with van der Waals surface area (Å²) in [5.74, 6) is -0.213. The van der Waals surface area contributed by atoms with Gasteiger partial charge in [-0.15, -0.1) is 0 Å². The number of hydrogen-bond donors (Lipinski definition) is 1. The highest BCUT2D eigenvalue weighted by atomic mass is 16.5. The van der Waals surface area contributed by atoms with Gasteiger partial charge < -0.3 is 14.6 Å². The number of rotatable bonds is 9. The Morgan fingerprint density at radius 2 is 1.93 bits per heavy atom. The quantitative estimate of drug-likeness (QED) is 0.525. The highest BCUT2D eigenvalue weighted by Crippen LogP contribution is 2.35. The molecule has 0 saturated carbocycles. The molecule has 0 heterocycles. The van der Waals surface area contributed by atoms with Crippen LogP contribution in [-0.4, -0.2) is 31.2 Å². The fourth-order valence-electron chi connectivity index (χ4n) is 4.05. The minimum Gasteiger partial charge on any atom is -0.494 e. The number of methoxy groups -OCH3 is 2. The van der Waals surface area contributed by atoms with Crippen LogP contribution in [0.25, 0.3) is 0 Å². The summed E-state index contributed by atoms with van der Waals surface area (Å²) in [5, 5.41) is 10.7. The zero-order valence-electron chi connectivity index (χ0n) is 18.5. The summed E-state index contributed by atoms with van der Waals surface area (Å²) in [4.78, 5) is 12.5. The summed E-state index contributed by atoms with van der Waals surface area (Å²) in [7, 11) is 2.90. The molecule has 0 aromatic rings. The number of Topliss-reactive ketones (excluding diaryl/α,β-unsaturated/α-hetero) is 1. The molecule has 0 bridgehead atoms. The Balaban J connectivity index is 1.91. The molecule has 2 aliphatic carbocycles. The summed E-state index contributed by atoms with van der Waals surface area (Å²) in [6.07, 6.45) is 16.4. The third kappa shape index (κ3) is 6.20. The summed E-state index contributed by atoms with van der Waals surface area (Å²) < 4.78 is 10.4. The average molecular weight is 401 g/mol. The number of aliphatic hydroxyl groups excluding tert-OH is 1. The Labute approximate surface area is 175 Å². The molecule has 0 aromatic heterocycles. The number of hydrogen-bond acceptors (Lipinski definition) is 4. The van der Waals surface area contributed by atoms with Crippen molar-refractivity contribution in [2.45, 2.75) is 65.4 Å². The molecule has 4 heteroatoms. The Hall–Kier alpha value is -2.07. The van der Waals surface area contributed by atoms with Gasteiger partial charge >= 0.3 is 0 Å². The van der Waals surface area contributed by atoms with Crippen LogP contribution in [0.1, 0.15) is 59.3 Å². The minimum atomic E-state index is -0.828. The third-order valence-electron chi connectivity index (χ3n) is 5.93. The van der Waals surface area contributed by atoms with Gasteiger partial charge in [0.15, 0.2) is 5.76 Å². The molecule has 3 atom stereocenters. The van der Waals surface area contributed by atoms with Crippen LogP contribution in [0.4, 0.5) is 0 Å². The van der Waals surface area contributed by atoms with Gasteiger partial charge in [-0.05, 0) is 57.9 Å². The predicted octanol–water partition coefficient (Wildman–Crippen LogP) is 5.42. The van der Waals surface area contributed by atoms with E-state index in [0.29, 0.717) is 6.42 Å². The van der Waals surface area contributed by atoms with Crippen molar-refractivity contribution in [3.8, 4) is 0 Å². The molecule has 2 aliphatic rings. The lowest BCUT2D eigenvalue weighted by atomic mass is 9.77. The number of carbonyl (C=O) groups is 1. The van der Waals surface area contributed by atoms with Crippen molar-refractivity contribution in [2.75, 3.05) is 14.2 Å². The van der Waals surface area contributed by atoms with Crippen LogP contribution in [0.5, 0.6) is 0 Å². The van der Waals surface area contributed by atoms with E-state index in [1.807, 2.05) is 6.92 Å². The van der Waals surface area contributed by atoms with Gasteiger partial charge in [-0.25, -0.2) is 0 Å². The Morgan fingerprint density at radius 1 is 1.17 bits per heavy atom. The van der Waals surface area contributed by atoms with Gasteiger partial charge in [-0.1, -0.05) is 48.5 Å². The molecule has 0 aromatic carbocycles. The van der Waals surface area contributed by atoms with Crippen molar-refractivity contribution in [3.63, 3.8) is 0 Å². The molecule has 1 N–H and O–H groups in total. The molecule has 0 spiro atoms. The van der Waals surface area contributed by atoms with Gasteiger partial charge in [-0.2, -0.15) is 0 Å². The standard InChI is InChI=1S/C25H36O4/c1-17(10-9-11-18(2)16-20-12-7-6-8-13-20)14-15-21-19(3)22(26)24(28-4)25(29-5)23(21)27/h7,11-14,19,21,23,27H,6,8-10,15-16H2,1-5H3/b17-14+,18-11+. The smallest absolute Gasteiger partial charge is 0.204 e. The largest absolute Gasteiger partial charge is 0.494 e. The topological polar surface area (TPSA) is 55.8 Å². The summed E-state index contributed by atoms with van der Waals surface area (Å²) in [5.41, 5.74) is 4.09. The molecule has 0 aliphatic heterocycles. The van der Waals surface area contributed by atoms with Gasteiger partial charge in [0.25, 0.3) is 0 Å². The molecule has 29 heavy (non-hydrogen) atoms. The number of carbonyl (C=O) groups excluding carboxylic acids is 1. The molecule has 3 unspecified atom stereocenters. The van der Waals surface area contributed by atoms with E-state index in [2.05, 4.69) is 44.2 Å². The zero-order chi connectivity index (χ0) is 21.4. The normalized spacial score (nSPS) is 25.9. The molecule has 0 radical (unpaired) electrons. The van der Waals surface area contributed by atoms with Crippen LogP contribution in [-0.2, 0) is 14.3 Å². The summed E-state index contributed by atoms with van der Waals surface area (Å²) in [6.45, 7) is 6.16. The Kier molecular flexibility index (Phi) is 8.97. The lowest BCUT2D eigenvalue weighted by Gasteiger charge is -2.33. The van der Waals surface area contributed by atoms with Crippen LogP contribution < -0.4 is 0 Å². The van der Waals surface area contributed by atoms with Gasteiger partial charge in [0.2, 0.25) is 11.5 Å². The average Bonchev–Trinajstić information content (AvgIpc) is 2.71. The zero-order valence-corrected chi connectivity index (χ0v) is 18.5. The fourth-order valence-corrected chi connectivity index (χ4v) is 4.05. The van der Waals surface area contributed by atoms with Crippen molar-refractivity contribution in [3.05, 3.63) is 58.6 Å². The first-order valence-corrected chi connectivity index (χ1v) is 10.6. The van der Waals surface area contributed by atoms with E-state index in [1.165, 1.54) is 30.9 Å². The van der Waals surface area contributed by atoms with Gasteiger partial charge in [0.05, 0.1) is 14.2 Å². The van der Waals surface area contributed by atoms with Crippen LogP contribution >= 0.6 is 0 Å². The lowest BCUT2D eigenvalue weighted by molar-refractivity contribution is -0.128. The maximum atomic E-state index is 12.5. The van der Waals surface area contributed by atoms with Gasteiger partial charge in [-0.3, -0.25) is 4.79 Å². The first-order chi connectivity index (χ1) is 13.9. The number of ketones is 1. The SMILES string of the molecule is COC1=C(OC)C(O)C(C/C=C(\C)CC/C=C(\C)CC2=CCCC=C2)C(C)C1=O. The first kappa shape index (κ1) is 23.2. The second-order valence-electron chi connectivity index (χ2n) is 8.17. The molecule has 0 fully saturated rings. The van der Waals surface area contributed by atoms with E-state index < -0.39 is 6.10 Å². The highest BCUT2D eigenvalue weighted by Gasteiger charge is 2.42. The molecule has 0 amide bonds. The molecule has 0 saturated heterocycles. The monoisotopic (exact) mass is 400 g/mol. The van der Waals surface area contributed by atoms with E-state index in [4.69, 9.17) is 9.47 Å². The third-order valence-corrected chi connectivity index (χ3v) is 5.93. The van der Waals surface area contributed by atoms with Crippen molar-refractivity contribution in [1.82, 2.24) is 0 Å². The van der Waals surface area contributed by atoms with Crippen LogP contribution in [0.2, 0.25) is 0 Å². The van der Waals surface area contributed by atoms with Crippen LogP contribution in [0, 0.1) is 11.8 Å². The molecular formula is C25H36O4. The highest BCUT2D eigenvalue weighted by molar-refractivity contribution is 5.97. The molecule has 160 valence electrons. The maximum absolute atomic E-state index is 12.5. The Morgan fingerprint density at radius 3 is 2.55 bits per heavy atom. The van der Waals surface area contributed by atoms with Gasteiger partial charge in [0.1, 0.15) is 6.10 Å². The summed E-state index contributed by atoms with van der Waals surface area (Å²) in [6, 6.07) is 0. The molecule has 2 rings (SSSR count). The fraction of sp³-hybridized carbons (Fsp3) is 0.560. The number of aliphatic hydroxyl groups is 1. The van der Waals surface area contributed by atoms with E-state index in [9.17, 15) is 9.90 Å². The number of ether oxygens (including phenoxy) is 2. The second-order valence-corrected chi connectivity index (χ2v) is 8.17. The van der Waals surface area contributed by atoms with Crippen molar-refractivity contribution in [1.29, 1.82) is 0 Å². The first-order valence-electron chi connectivity index (χ1n) is 10.6. The lowest BCUT2D eigenvalue weighted by Crippen LogP contribution is -2.40. The molecular weight excluding hydrogens is 364 g/mol. The maximum Gasteiger partial charge on any atom is 0.204 e. The van der Waals surface area contributed by atoms with Crippen LogP contribution in [0.3, 0.4) is 0 Å². The van der Waals surface area contributed by atoms with Crippen molar-refractivity contribution in [2.24, 2.45) is 11.8 Å². The molecule has 4 nitrogen and oxygen atoms in total. The van der Waals surface area contributed by atoms with Crippen molar-refractivity contribution < 1.29 is 19.4 Å². The second kappa shape index (κ2) is 11.2. The minimum absolute atomic E-state index is 0.102. The van der Waals surface area contributed by atoms with E-state index in [0.717, 1.165) is 32.1 Å². The number of allylic oxidation sites excluding steroid dienone is 9. The van der Waals surface area contributed by atoms with Gasteiger partial charge in [0, 0.05) is 11.8 Å². The summed E-state index contributed by atoms with van der Waals surface area (Å²) >= 11 is 0. The Bertz CT molecular complexity index is 736. The van der Waals surface area contributed by atoms with E-state index in [1.54, 1.807) is 0 Å². The van der Waals surface area contributed by atoms with E-state index >= 15 is 0 Å². The van der Waals surface area contributed by atoms with Crippen LogP contribution in [0.15, 0.2) is 58.6 Å².